The van der Waals surface area contributed by atoms with E-state index in [1.807, 2.05) is 12.1 Å². The maximum absolute atomic E-state index is 11.7. The fourth-order valence-corrected chi connectivity index (χ4v) is 3.72. The molecule has 0 aliphatic rings. The van der Waals surface area contributed by atoms with E-state index in [-0.39, 0.29) is 18.2 Å². The molecule has 0 unspecified atom stereocenters. The number of rotatable bonds is 8. The van der Waals surface area contributed by atoms with Gasteiger partial charge in [-0.25, -0.2) is 13.1 Å². The molecule has 0 fully saturated rings. The normalized spacial score (nSPS) is 11.2. The van der Waals surface area contributed by atoms with Crippen LogP contribution in [-0.2, 0) is 14.8 Å². The summed E-state index contributed by atoms with van der Waals surface area (Å²) in [6.07, 6.45) is 0. The highest BCUT2D eigenvalue weighted by Crippen LogP contribution is 2.19. The Morgan fingerprint density at radius 1 is 1.40 bits per heavy atom. The third-order valence-electron chi connectivity index (χ3n) is 2.31. The first-order valence-electron chi connectivity index (χ1n) is 6.15. The molecule has 0 heterocycles. The van der Waals surface area contributed by atoms with E-state index in [4.69, 9.17) is 5.73 Å². The molecule has 0 atom stereocenters. The van der Waals surface area contributed by atoms with Crippen LogP contribution < -0.4 is 15.8 Å². The molecule has 0 radical (unpaired) electrons. The average Bonchev–Trinajstić information content (AvgIpc) is 2.37. The molecule has 0 aliphatic heterocycles. The van der Waals surface area contributed by atoms with E-state index in [0.29, 0.717) is 18.0 Å². The van der Waals surface area contributed by atoms with Crippen molar-refractivity contribution in [3.8, 4) is 0 Å². The lowest BCUT2D eigenvalue weighted by atomic mass is 10.3. The topological polar surface area (TPSA) is 101 Å². The third-order valence-corrected chi connectivity index (χ3v) is 4.89. The van der Waals surface area contributed by atoms with Crippen molar-refractivity contribution in [3.63, 3.8) is 0 Å². The van der Waals surface area contributed by atoms with E-state index in [1.165, 1.54) is 11.8 Å². The molecule has 0 saturated heterocycles. The van der Waals surface area contributed by atoms with Gasteiger partial charge in [0.05, 0.1) is 12.3 Å². The Labute approximate surface area is 123 Å². The molecule has 0 aromatic heterocycles. The number of thioether (sulfide) groups is 1. The number of nitrogens with one attached hydrogen (secondary N) is 2. The minimum Gasteiger partial charge on any atom is -0.399 e. The van der Waals surface area contributed by atoms with Gasteiger partial charge in [0.1, 0.15) is 0 Å². The number of nitrogen functional groups attached to an aromatic ring is 1. The first kappa shape index (κ1) is 16.8. The van der Waals surface area contributed by atoms with Crippen LogP contribution in [0, 0.1) is 0 Å². The quantitative estimate of drug-likeness (QED) is 0.476. The molecule has 8 heteroatoms. The van der Waals surface area contributed by atoms with Crippen molar-refractivity contribution in [2.75, 3.05) is 30.3 Å². The van der Waals surface area contributed by atoms with Gasteiger partial charge >= 0.3 is 0 Å². The van der Waals surface area contributed by atoms with Gasteiger partial charge in [0, 0.05) is 22.9 Å². The summed E-state index contributed by atoms with van der Waals surface area (Å²) in [5.41, 5.74) is 6.28. The smallest absolute Gasteiger partial charge is 0.235 e. The maximum atomic E-state index is 11.7. The van der Waals surface area contributed by atoms with E-state index in [1.54, 1.807) is 19.1 Å². The summed E-state index contributed by atoms with van der Waals surface area (Å²) in [7, 11) is -3.44. The van der Waals surface area contributed by atoms with E-state index in [2.05, 4.69) is 10.0 Å². The Kier molecular flexibility index (Phi) is 6.83. The highest BCUT2D eigenvalue weighted by Gasteiger charge is 2.12. The number of amides is 1. The second-order valence-corrected chi connectivity index (χ2v) is 7.11. The van der Waals surface area contributed by atoms with E-state index < -0.39 is 10.0 Å². The summed E-state index contributed by atoms with van der Waals surface area (Å²) in [5.74, 6) is 0.0135. The number of sulfonamides is 1. The van der Waals surface area contributed by atoms with Gasteiger partial charge in [-0.2, -0.15) is 0 Å². The predicted molar refractivity (Wildman–Crippen MR) is 82.1 cm³/mol. The van der Waals surface area contributed by atoms with E-state index >= 15 is 0 Å². The standard InChI is InChI=1S/C12H19N3O3S2/c1-2-14-12(16)9-15-20(17,18)7-6-19-11-5-3-4-10(13)8-11/h3-5,8,15H,2,6-7,9,13H2,1H3,(H,14,16). The molecule has 0 saturated carbocycles. The summed E-state index contributed by atoms with van der Waals surface area (Å²) in [6.45, 7) is 2.03. The fourth-order valence-electron chi connectivity index (χ4n) is 1.38. The van der Waals surface area contributed by atoms with E-state index in [9.17, 15) is 13.2 Å². The van der Waals surface area contributed by atoms with Crippen LogP contribution in [0.5, 0.6) is 0 Å². The molecule has 1 aromatic rings. The highest BCUT2D eigenvalue weighted by atomic mass is 32.2. The average molecular weight is 317 g/mol. The van der Waals surface area contributed by atoms with E-state index in [0.717, 1.165) is 4.90 Å². The van der Waals surface area contributed by atoms with Crippen LogP contribution in [0.1, 0.15) is 6.92 Å². The van der Waals surface area contributed by atoms with Crippen LogP contribution in [-0.4, -0.2) is 38.9 Å². The molecule has 0 bridgehead atoms. The summed E-state index contributed by atoms with van der Waals surface area (Å²) >= 11 is 1.41. The van der Waals surface area contributed by atoms with Gasteiger partial charge in [0.2, 0.25) is 15.9 Å². The number of likely N-dealkylation sites (N-methyl/N-ethyl adjacent to an activating group) is 1. The minimum absolute atomic E-state index is 0.0497. The van der Waals surface area contributed by atoms with Gasteiger partial charge in [-0.3, -0.25) is 4.79 Å². The summed E-state index contributed by atoms with van der Waals surface area (Å²) in [4.78, 5) is 12.1. The molecular weight excluding hydrogens is 298 g/mol. The van der Waals surface area contributed by atoms with Crippen molar-refractivity contribution in [3.05, 3.63) is 24.3 Å². The zero-order valence-corrected chi connectivity index (χ0v) is 12.9. The van der Waals surface area contributed by atoms with Crippen molar-refractivity contribution >= 4 is 33.4 Å². The summed E-state index contributed by atoms with van der Waals surface area (Å²) in [6, 6.07) is 7.25. The SMILES string of the molecule is CCNC(=O)CNS(=O)(=O)CCSc1cccc(N)c1. The summed E-state index contributed by atoms with van der Waals surface area (Å²) < 4.78 is 25.6. The second kappa shape index (κ2) is 8.13. The highest BCUT2D eigenvalue weighted by molar-refractivity contribution is 8.00. The number of hydrogen-bond donors (Lipinski definition) is 3. The lowest BCUT2D eigenvalue weighted by Gasteiger charge is -2.07. The molecule has 0 spiro atoms. The number of benzene rings is 1. The number of anilines is 1. The van der Waals surface area contributed by atoms with Gasteiger partial charge in [-0.15, -0.1) is 11.8 Å². The predicted octanol–water partition coefficient (Wildman–Crippen LogP) is 0.416. The van der Waals surface area contributed by atoms with Crippen molar-refractivity contribution in [1.29, 1.82) is 0 Å². The zero-order chi connectivity index (χ0) is 15.0. The lowest BCUT2D eigenvalue weighted by molar-refractivity contribution is -0.119. The molecule has 1 amide bonds. The van der Waals surface area contributed by atoms with Crippen molar-refractivity contribution < 1.29 is 13.2 Å². The van der Waals surface area contributed by atoms with Gasteiger partial charge in [0.25, 0.3) is 0 Å². The van der Waals surface area contributed by atoms with Crippen LogP contribution in [0.25, 0.3) is 0 Å². The Morgan fingerprint density at radius 2 is 2.15 bits per heavy atom. The Hall–Kier alpha value is -1.25. The molecule has 6 nitrogen and oxygen atoms in total. The Balaban J connectivity index is 2.34. The Morgan fingerprint density at radius 3 is 2.80 bits per heavy atom. The van der Waals surface area contributed by atoms with Crippen LogP contribution in [0.4, 0.5) is 5.69 Å². The van der Waals surface area contributed by atoms with Crippen LogP contribution in [0.15, 0.2) is 29.2 Å². The zero-order valence-electron chi connectivity index (χ0n) is 11.3. The molecule has 4 N–H and O–H groups in total. The number of hydrogen-bond acceptors (Lipinski definition) is 5. The van der Waals surface area contributed by atoms with Crippen molar-refractivity contribution in [1.82, 2.24) is 10.0 Å². The monoisotopic (exact) mass is 317 g/mol. The number of nitrogens with two attached hydrogens (primary N) is 1. The molecule has 1 rings (SSSR count). The van der Waals surface area contributed by atoms with Crippen molar-refractivity contribution in [2.24, 2.45) is 0 Å². The molecular formula is C12H19N3O3S2. The number of carbonyl (C=O) groups excluding carboxylic acids is 1. The van der Waals surface area contributed by atoms with Gasteiger partial charge in [0.15, 0.2) is 0 Å². The van der Waals surface area contributed by atoms with Crippen LogP contribution >= 0.6 is 11.8 Å². The molecule has 1 aromatic carbocycles. The number of carbonyl (C=O) groups is 1. The van der Waals surface area contributed by atoms with Crippen molar-refractivity contribution in [2.45, 2.75) is 11.8 Å². The van der Waals surface area contributed by atoms with Crippen LogP contribution in [0.2, 0.25) is 0 Å². The fraction of sp³-hybridized carbons (Fsp3) is 0.417. The first-order chi connectivity index (χ1) is 9.43. The molecule has 0 aliphatic carbocycles. The summed E-state index contributed by atoms with van der Waals surface area (Å²) in [5, 5.41) is 2.52. The lowest BCUT2D eigenvalue weighted by Crippen LogP contribution is -2.38. The largest absolute Gasteiger partial charge is 0.399 e. The maximum Gasteiger partial charge on any atom is 0.235 e. The second-order valence-electron chi connectivity index (χ2n) is 4.01. The minimum atomic E-state index is -3.44. The van der Waals surface area contributed by atoms with Gasteiger partial charge < -0.3 is 11.1 Å². The van der Waals surface area contributed by atoms with Crippen LogP contribution in [0.3, 0.4) is 0 Å². The molecule has 20 heavy (non-hydrogen) atoms. The first-order valence-corrected chi connectivity index (χ1v) is 8.79. The van der Waals surface area contributed by atoms with Gasteiger partial charge in [-0.05, 0) is 25.1 Å². The molecule has 112 valence electrons. The third kappa shape index (κ3) is 6.78. The van der Waals surface area contributed by atoms with Gasteiger partial charge in [-0.1, -0.05) is 6.07 Å². The Bertz CT molecular complexity index is 547.